The quantitative estimate of drug-likeness (QED) is 0.645. The first-order valence-electron chi connectivity index (χ1n) is 8.88. The molecule has 0 radical (unpaired) electrons. The first kappa shape index (κ1) is 17.7. The number of carbonyl (C=O) groups is 3. The first-order chi connectivity index (χ1) is 13.0. The number of anilines is 1. The van der Waals surface area contributed by atoms with Gasteiger partial charge in [-0.25, -0.2) is 4.79 Å². The van der Waals surface area contributed by atoms with Crippen molar-refractivity contribution in [2.75, 3.05) is 18.5 Å². The highest BCUT2D eigenvalue weighted by Crippen LogP contribution is 2.32. The maximum Gasteiger partial charge on any atom is 0.348 e. The van der Waals surface area contributed by atoms with Crippen molar-refractivity contribution in [1.29, 1.82) is 0 Å². The van der Waals surface area contributed by atoms with Crippen molar-refractivity contribution in [2.45, 2.75) is 26.2 Å². The minimum Gasteiger partial charge on any atom is -0.482 e. The summed E-state index contributed by atoms with van der Waals surface area (Å²) in [5, 5.41) is 2.65. The monoisotopic (exact) mass is 385 g/mol. The summed E-state index contributed by atoms with van der Waals surface area (Å²) < 4.78 is 10.5. The summed E-state index contributed by atoms with van der Waals surface area (Å²) in [7, 11) is 0. The average Bonchev–Trinajstić information content (AvgIpc) is 3.08. The van der Waals surface area contributed by atoms with Crippen LogP contribution >= 0.6 is 11.3 Å². The summed E-state index contributed by atoms with van der Waals surface area (Å²) >= 11 is 1.46. The zero-order valence-electron chi connectivity index (χ0n) is 14.9. The van der Waals surface area contributed by atoms with Crippen molar-refractivity contribution < 1.29 is 23.9 Å². The summed E-state index contributed by atoms with van der Waals surface area (Å²) in [6, 6.07) is 6.65. The molecule has 2 heterocycles. The molecule has 1 aliphatic heterocycles. The third-order valence-electron chi connectivity index (χ3n) is 4.80. The van der Waals surface area contributed by atoms with E-state index >= 15 is 0 Å². The van der Waals surface area contributed by atoms with Crippen molar-refractivity contribution in [2.24, 2.45) is 5.92 Å². The Bertz CT molecular complexity index is 932. The van der Waals surface area contributed by atoms with E-state index in [0.717, 1.165) is 19.3 Å². The molecule has 1 aromatic carbocycles. The molecular weight excluding hydrogens is 366 g/mol. The van der Waals surface area contributed by atoms with Gasteiger partial charge in [-0.1, -0.05) is 6.92 Å². The Labute approximate surface area is 160 Å². The Kier molecular flexibility index (Phi) is 4.70. The molecule has 0 saturated heterocycles. The normalized spacial score (nSPS) is 18.0. The lowest BCUT2D eigenvalue weighted by atomic mass is 9.90. The largest absolute Gasteiger partial charge is 0.482 e. The second kappa shape index (κ2) is 7.15. The fraction of sp³-hybridized carbons (Fsp3) is 0.350. The molecule has 7 heteroatoms. The number of hydrogen-bond donors (Lipinski definition) is 1. The van der Waals surface area contributed by atoms with E-state index < -0.39 is 5.97 Å². The number of ketones is 1. The average molecular weight is 385 g/mol. The number of esters is 1. The maximum atomic E-state index is 12.4. The third-order valence-corrected chi connectivity index (χ3v) is 6.02. The van der Waals surface area contributed by atoms with Crippen LogP contribution in [0.15, 0.2) is 24.3 Å². The number of Topliss-reactive ketones (excluding diaryl/α,β-unsaturated/α-hetero) is 1. The van der Waals surface area contributed by atoms with Crippen molar-refractivity contribution >= 4 is 34.7 Å². The summed E-state index contributed by atoms with van der Waals surface area (Å²) in [6.07, 6.45) is 3.12. The van der Waals surface area contributed by atoms with Gasteiger partial charge in [0.05, 0.1) is 5.69 Å². The Morgan fingerprint density at radius 3 is 3.04 bits per heavy atom. The molecule has 1 aromatic heterocycles. The molecule has 4 rings (SSSR count). The lowest BCUT2D eigenvalue weighted by Gasteiger charge is -2.18. The van der Waals surface area contributed by atoms with Gasteiger partial charge in [0.2, 0.25) is 0 Å². The van der Waals surface area contributed by atoms with E-state index in [4.69, 9.17) is 9.47 Å². The Morgan fingerprint density at radius 1 is 1.33 bits per heavy atom. The zero-order chi connectivity index (χ0) is 19.0. The van der Waals surface area contributed by atoms with Crippen molar-refractivity contribution in [1.82, 2.24) is 0 Å². The van der Waals surface area contributed by atoms with Crippen LogP contribution in [0, 0.1) is 5.92 Å². The number of hydrogen-bond acceptors (Lipinski definition) is 6. The molecule has 0 spiro atoms. The second-order valence-electron chi connectivity index (χ2n) is 6.95. The van der Waals surface area contributed by atoms with Crippen LogP contribution in [0.3, 0.4) is 0 Å². The molecule has 1 unspecified atom stereocenters. The van der Waals surface area contributed by atoms with Crippen LogP contribution in [-0.4, -0.2) is 30.9 Å². The maximum absolute atomic E-state index is 12.4. The summed E-state index contributed by atoms with van der Waals surface area (Å²) in [6.45, 7) is 1.83. The van der Waals surface area contributed by atoms with Crippen LogP contribution in [-0.2, 0) is 22.4 Å². The standard InChI is InChI=1S/C20H19NO5S/c1-11-2-5-17-13(6-11)8-18(27-17)20(24)26-9-15(22)12-3-4-16-14(7-12)21-19(23)10-25-16/h3-4,7-8,11H,2,5-6,9-10H2,1H3,(H,21,23). The highest BCUT2D eigenvalue weighted by molar-refractivity contribution is 7.14. The van der Waals surface area contributed by atoms with Crippen molar-refractivity contribution in [3.63, 3.8) is 0 Å². The van der Waals surface area contributed by atoms with Crippen LogP contribution < -0.4 is 10.1 Å². The Balaban J connectivity index is 1.40. The Hall–Kier alpha value is -2.67. The molecule has 2 aromatic rings. The third kappa shape index (κ3) is 3.73. The second-order valence-corrected chi connectivity index (χ2v) is 8.09. The molecule has 0 fully saturated rings. The molecule has 0 saturated carbocycles. The fourth-order valence-electron chi connectivity index (χ4n) is 3.35. The van der Waals surface area contributed by atoms with Gasteiger partial charge in [0, 0.05) is 10.4 Å². The number of nitrogens with one attached hydrogen (secondary N) is 1. The molecule has 2 aliphatic rings. The number of benzene rings is 1. The van der Waals surface area contributed by atoms with Gasteiger partial charge in [-0.3, -0.25) is 9.59 Å². The lowest BCUT2D eigenvalue weighted by molar-refractivity contribution is -0.118. The molecule has 1 N–H and O–H groups in total. The number of carbonyl (C=O) groups excluding carboxylic acids is 3. The zero-order valence-corrected chi connectivity index (χ0v) is 15.7. The number of amides is 1. The van der Waals surface area contributed by atoms with Gasteiger partial charge in [0.25, 0.3) is 5.91 Å². The number of aryl methyl sites for hydroxylation is 1. The van der Waals surface area contributed by atoms with Gasteiger partial charge in [-0.2, -0.15) is 0 Å². The summed E-state index contributed by atoms with van der Waals surface area (Å²) in [4.78, 5) is 37.9. The molecule has 6 nitrogen and oxygen atoms in total. The number of fused-ring (bicyclic) bond motifs is 2. The number of ether oxygens (including phenoxy) is 2. The smallest absolute Gasteiger partial charge is 0.348 e. The molecule has 27 heavy (non-hydrogen) atoms. The molecule has 1 atom stereocenters. The van der Waals surface area contributed by atoms with E-state index in [9.17, 15) is 14.4 Å². The van der Waals surface area contributed by atoms with Gasteiger partial charge in [-0.05, 0) is 55.0 Å². The van der Waals surface area contributed by atoms with E-state index in [1.54, 1.807) is 12.1 Å². The SMILES string of the molecule is CC1CCc2sc(C(=O)OCC(=O)c3ccc4c(c3)NC(=O)CO4)cc2C1. The van der Waals surface area contributed by atoms with Gasteiger partial charge in [0.15, 0.2) is 19.0 Å². The summed E-state index contributed by atoms with van der Waals surface area (Å²) in [5.74, 6) is 0.0768. The number of thiophene rings is 1. The van der Waals surface area contributed by atoms with Crippen molar-refractivity contribution in [3.8, 4) is 5.75 Å². The van der Waals surface area contributed by atoms with Crippen molar-refractivity contribution in [3.05, 3.63) is 45.1 Å². The topological polar surface area (TPSA) is 81.7 Å². The summed E-state index contributed by atoms with van der Waals surface area (Å²) in [5.41, 5.74) is 2.03. The highest BCUT2D eigenvalue weighted by atomic mass is 32.1. The molecule has 1 aliphatic carbocycles. The molecular formula is C20H19NO5S. The molecule has 140 valence electrons. The van der Waals surface area contributed by atoms with Crippen LogP contribution in [0.1, 0.15) is 43.8 Å². The van der Waals surface area contributed by atoms with Crippen LogP contribution in [0.5, 0.6) is 5.75 Å². The van der Waals surface area contributed by atoms with Crippen LogP contribution in [0.2, 0.25) is 0 Å². The molecule has 0 bridgehead atoms. The van der Waals surface area contributed by atoms with E-state index in [0.29, 0.717) is 27.8 Å². The predicted molar refractivity (Wildman–Crippen MR) is 101 cm³/mol. The fourth-order valence-corrected chi connectivity index (χ4v) is 4.45. The number of rotatable bonds is 4. The van der Waals surface area contributed by atoms with E-state index in [1.165, 1.54) is 27.8 Å². The van der Waals surface area contributed by atoms with E-state index in [2.05, 4.69) is 12.2 Å². The molecule has 1 amide bonds. The minimum atomic E-state index is -0.468. The van der Waals surface area contributed by atoms with E-state index in [-0.39, 0.29) is 24.9 Å². The van der Waals surface area contributed by atoms with Gasteiger partial charge < -0.3 is 14.8 Å². The van der Waals surface area contributed by atoms with Crippen LogP contribution in [0.25, 0.3) is 0 Å². The van der Waals surface area contributed by atoms with Gasteiger partial charge in [0.1, 0.15) is 10.6 Å². The first-order valence-corrected chi connectivity index (χ1v) is 9.70. The van der Waals surface area contributed by atoms with Gasteiger partial charge in [-0.15, -0.1) is 11.3 Å². The lowest BCUT2D eigenvalue weighted by Crippen LogP contribution is -2.25. The van der Waals surface area contributed by atoms with E-state index in [1.807, 2.05) is 6.07 Å². The Morgan fingerprint density at radius 2 is 2.19 bits per heavy atom. The highest BCUT2D eigenvalue weighted by Gasteiger charge is 2.22. The van der Waals surface area contributed by atoms with Crippen LogP contribution in [0.4, 0.5) is 5.69 Å². The predicted octanol–water partition coefficient (Wildman–Crippen LogP) is 3.24. The van der Waals surface area contributed by atoms with Gasteiger partial charge >= 0.3 is 5.97 Å². The minimum absolute atomic E-state index is 0.0402.